The summed E-state index contributed by atoms with van der Waals surface area (Å²) >= 11 is 0. The highest BCUT2D eigenvalue weighted by Crippen LogP contribution is 2.18. The summed E-state index contributed by atoms with van der Waals surface area (Å²) in [5.41, 5.74) is 6.42. The average molecular weight is 272 g/mol. The summed E-state index contributed by atoms with van der Waals surface area (Å²) < 4.78 is 0. The maximum absolute atomic E-state index is 4.62. The van der Waals surface area contributed by atoms with Crippen LogP contribution < -0.4 is 0 Å². The minimum Gasteiger partial charge on any atom is -0.249 e. The molecular weight excluding hydrogens is 244 g/mol. The van der Waals surface area contributed by atoms with Gasteiger partial charge in [-0.15, -0.1) is 0 Å². The Bertz CT molecular complexity index is 569. The molecule has 0 radical (unpaired) electrons. The number of allylic oxidation sites excluding steroid dienone is 1. The molecule has 1 heterocycles. The SMILES string of the molecule is C/C=C/c1nc2cc(C)c(C)cc2nc1C.CC.CC. The number of nitrogens with zero attached hydrogens (tertiary/aromatic N) is 2. The zero-order valence-electron chi connectivity index (χ0n) is 14.2. The molecule has 2 aromatic rings. The van der Waals surface area contributed by atoms with Gasteiger partial charge in [-0.2, -0.15) is 0 Å². The van der Waals surface area contributed by atoms with Crippen LogP contribution in [0.2, 0.25) is 0 Å². The molecular formula is C18H28N2. The molecule has 0 saturated carbocycles. The molecule has 20 heavy (non-hydrogen) atoms. The minimum atomic E-state index is 0.957. The highest BCUT2D eigenvalue weighted by Gasteiger charge is 2.04. The highest BCUT2D eigenvalue weighted by molar-refractivity contribution is 5.77. The Labute approximate surface area is 124 Å². The van der Waals surface area contributed by atoms with Crippen LogP contribution in [-0.2, 0) is 0 Å². The number of rotatable bonds is 1. The lowest BCUT2D eigenvalue weighted by atomic mass is 10.1. The highest BCUT2D eigenvalue weighted by atomic mass is 14.8. The monoisotopic (exact) mass is 272 g/mol. The van der Waals surface area contributed by atoms with Crippen LogP contribution in [0.1, 0.15) is 57.1 Å². The van der Waals surface area contributed by atoms with E-state index >= 15 is 0 Å². The third kappa shape index (κ3) is 4.44. The predicted octanol–water partition coefficient (Wildman–Crippen LogP) is 5.64. The first-order valence-electron chi connectivity index (χ1n) is 7.50. The number of aryl methyl sites for hydroxylation is 3. The van der Waals surface area contributed by atoms with Crippen molar-refractivity contribution in [1.82, 2.24) is 9.97 Å². The maximum atomic E-state index is 4.62. The number of aromatic nitrogens is 2. The van der Waals surface area contributed by atoms with Crippen LogP contribution in [0.15, 0.2) is 18.2 Å². The van der Waals surface area contributed by atoms with E-state index in [2.05, 4.69) is 35.9 Å². The standard InChI is InChI=1S/C14H16N2.2C2H6/c1-5-6-12-11(4)15-13-7-9(2)10(3)8-14(13)16-12;2*1-2/h5-8H,1-4H3;2*1-2H3/b6-5+;;. The van der Waals surface area contributed by atoms with Gasteiger partial charge in [0.25, 0.3) is 0 Å². The lowest BCUT2D eigenvalue weighted by molar-refractivity contribution is 1.15. The molecule has 2 rings (SSSR count). The van der Waals surface area contributed by atoms with Gasteiger partial charge in [-0.25, -0.2) is 9.97 Å². The molecule has 0 atom stereocenters. The second-order valence-corrected chi connectivity index (χ2v) is 4.12. The largest absolute Gasteiger partial charge is 0.249 e. The first-order chi connectivity index (χ1) is 9.61. The lowest BCUT2D eigenvalue weighted by Crippen LogP contribution is -1.95. The first kappa shape index (κ1) is 18.3. The van der Waals surface area contributed by atoms with E-state index in [0.29, 0.717) is 0 Å². The Balaban J connectivity index is 0.000000829. The molecule has 0 aliphatic heterocycles. The van der Waals surface area contributed by atoms with Crippen molar-refractivity contribution >= 4 is 17.1 Å². The fourth-order valence-corrected chi connectivity index (χ4v) is 1.73. The van der Waals surface area contributed by atoms with E-state index in [1.807, 2.05) is 53.7 Å². The minimum absolute atomic E-state index is 0.957. The Morgan fingerprint density at radius 2 is 1.25 bits per heavy atom. The van der Waals surface area contributed by atoms with E-state index in [0.717, 1.165) is 22.4 Å². The summed E-state index contributed by atoms with van der Waals surface area (Å²) in [5, 5.41) is 0. The summed E-state index contributed by atoms with van der Waals surface area (Å²) in [5.74, 6) is 0. The summed E-state index contributed by atoms with van der Waals surface area (Å²) in [6.45, 7) is 16.2. The van der Waals surface area contributed by atoms with Crippen LogP contribution in [0.3, 0.4) is 0 Å². The van der Waals surface area contributed by atoms with Crippen LogP contribution in [0, 0.1) is 20.8 Å². The molecule has 1 aromatic carbocycles. The van der Waals surface area contributed by atoms with Crippen LogP contribution in [-0.4, -0.2) is 9.97 Å². The molecule has 0 amide bonds. The van der Waals surface area contributed by atoms with Crippen molar-refractivity contribution in [3.8, 4) is 0 Å². The van der Waals surface area contributed by atoms with Crippen LogP contribution >= 0.6 is 0 Å². The van der Waals surface area contributed by atoms with Crippen molar-refractivity contribution < 1.29 is 0 Å². The van der Waals surface area contributed by atoms with E-state index in [1.54, 1.807) is 0 Å². The van der Waals surface area contributed by atoms with Gasteiger partial charge in [0.2, 0.25) is 0 Å². The molecule has 0 spiro atoms. The molecule has 0 N–H and O–H groups in total. The molecule has 0 aliphatic rings. The Hall–Kier alpha value is -1.70. The van der Waals surface area contributed by atoms with Gasteiger partial charge < -0.3 is 0 Å². The average Bonchev–Trinajstić information content (AvgIpc) is 2.47. The number of fused-ring (bicyclic) bond motifs is 1. The number of benzene rings is 1. The van der Waals surface area contributed by atoms with Gasteiger partial charge in [-0.3, -0.25) is 0 Å². The Morgan fingerprint density at radius 1 is 0.800 bits per heavy atom. The summed E-state index contributed by atoms with van der Waals surface area (Å²) in [4.78, 5) is 9.20. The van der Waals surface area contributed by atoms with Crippen molar-refractivity contribution in [2.24, 2.45) is 0 Å². The van der Waals surface area contributed by atoms with E-state index in [-0.39, 0.29) is 0 Å². The number of hydrogen-bond acceptors (Lipinski definition) is 2. The fourth-order valence-electron chi connectivity index (χ4n) is 1.73. The molecule has 1 aromatic heterocycles. The molecule has 110 valence electrons. The number of hydrogen-bond donors (Lipinski definition) is 0. The van der Waals surface area contributed by atoms with Gasteiger partial charge >= 0.3 is 0 Å². The van der Waals surface area contributed by atoms with Gasteiger partial charge in [0, 0.05) is 0 Å². The van der Waals surface area contributed by atoms with Crippen molar-refractivity contribution in [2.45, 2.75) is 55.4 Å². The van der Waals surface area contributed by atoms with Crippen molar-refractivity contribution in [2.75, 3.05) is 0 Å². The van der Waals surface area contributed by atoms with Gasteiger partial charge in [0.15, 0.2) is 0 Å². The van der Waals surface area contributed by atoms with E-state index < -0.39 is 0 Å². The second-order valence-electron chi connectivity index (χ2n) is 4.12. The van der Waals surface area contributed by atoms with Crippen molar-refractivity contribution in [1.29, 1.82) is 0 Å². The smallest absolute Gasteiger partial charge is 0.0897 e. The van der Waals surface area contributed by atoms with Crippen molar-refractivity contribution in [3.05, 3.63) is 40.7 Å². The molecule has 0 saturated heterocycles. The van der Waals surface area contributed by atoms with E-state index in [1.165, 1.54) is 11.1 Å². The zero-order chi connectivity index (χ0) is 15.7. The maximum Gasteiger partial charge on any atom is 0.0897 e. The van der Waals surface area contributed by atoms with Crippen LogP contribution in [0.25, 0.3) is 17.1 Å². The Morgan fingerprint density at radius 3 is 1.70 bits per heavy atom. The van der Waals surface area contributed by atoms with Gasteiger partial charge in [0.05, 0.1) is 22.4 Å². The summed E-state index contributed by atoms with van der Waals surface area (Å²) in [6, 6.07) is 4.20. The third-order valence-corrected chi connectivity index (χ3v) is 2.82. The van der Waals surface area contributed by atoms with E-state index in [9.17, 15) is 0 Å². The predicted molar refractivity (Wildman–Crippen MR) is 91.2 cm³/mol. The van der Waals surface area contributed by atoms with Crippen LogP contribution in [0.4, 0.5) is 0 Å². The molecule has 2 heteroatoms. The zero-order valence-corrected chi connectivity index (χ0v) is 14.2. The van der Waals surface area contributed by atoms with Gasteiger partial charge in [0.1, 0.15) is 0 Å². The van der Waals surface area contributed by atoms with Gasteiger partial charge in [-0.1, -0.05) is 33.8 Å². The molecule has 0 aliphatic carbocycles. The topological polar surface area (TPSA) is 25.8 Å². The normalized spacial score (nSPS) is 9.80. The second kappa shape index (κ2) is 9.24. The summed E-state index contributed by atoms with van der Waals surface area (Å²) in [7, 11) is 0. The molecule has 2 nitrogen and oxygen atoms in total. The van der Waals surface area contributed by atoms with Crippen LogP contribution in [0.5, 0.6) is 0 Å². The fraction of sp³-hybridized carbons (Fsp3) is 0.444. The molecule has 0 bridgehead atoms. The molecule has 0 unspecified atom stereocenters. The quantitative estimate of drug-likeness (QED) is 0.671. The summed E-state index contributed by atoms with van der Waals surface area (Å²) in [6.07, 6.45) is 3.99. The lowest BCUT2D eigenvalue weighted by Gasteiger charge is -2.06. The Kier molecular flexibility index (Phi) is 8.46. The first-order valence-corrected chi connectivity index (χ1v) is 7.50. The third-order valence-electron chi connectivity index (χ3n) is 2.82. The van der Waals surface area contributed by atoms with Crippen molar-refractivity contribution in [3.63, 3.8) is 0 Å². The molecule has 0 fully saturated rings. The van der Waals surface area contributed by atoms with Gasteiger partial charge in [-0.05, 0) is 57.0 Å². The van der Waals surface area contributed by atoms with E-state index in [4.69, 9.17) is 0 Å².